The Balaban J connectivity index is 0.000000371. The summed E-state index contributed by atoms with van der Waals surface area (Å²) in [6.07, 6.45) is 0. The Kier molecular flexibility index (Phi) is 4.38. The molecule has 0 N–H and O–H groups in total. The normalized spacial score (nSPS) is 6.50. The van der Waals surface area contributed by atoms with E-state index in [0.717, 1.165) is 0 Å². The lowest BCUT2D eigenvalue weighted by molar-refractivity contribution is 1.49. The van der Waals surface area contributed by atoms with Gasteiger partial charge >= 0.3 is 0 Å². The number of hydrogen-bond acceptors (Lipinski definition) is 2. The Morgan fingerprint density at radius 1 is 1.10 bits per heavy atom. The van der Waals surface area contributed by atoms with E-state index in [1.165, 1.54) is 0 Å². The molecule has 0 radical (unpaired) electrons. The van der Waals surface area contributed by atoms with Crippen molar-refractivity contribution in [2.75, 3.05) is 0 Å². The van der Waals surface area contributed by atoms with Crippen LogP contribution in [-0.4, -0.2) is 0 Å². The van der Waals surface area contributed by atoms with E-state index in [4.69, 9.17) is 10.5 Å². The van der Waals surface area contributed by atoms with Crippen molar-refractivity contribution >= 4 is 0 Å². The average molecular weight is 130 g/mol. The average Bonchev–Trinajstić information content (AvgIpc) is 2.10. The molecule has 0 aliphatic heterocycles. The summed E-state index contributed by atoms with van der Waals surface area (Å²) in [4.78, 5) is 0. The largest absolute Gasteiger partial charge is 0.202 e. The minimum atomic E-state index is 0.715. The van der Waals surface area contributed by atoms with Crippen LogP contribution >= 0.6 is 0 Å². The first-order chi connectivity index (χ1) is 4.93. The summed E-state index contributed by atoms with van der Waals surface area (Å²) in [7, 11) is 0. The highest BCUT2D eigenvalue weighted by atomic mass is 14.2. The van der Waals surface area contributed by atoms with E-state index in [9.17, 15) is 0 Å². The fourth-order valence-corrected chi connectivity index (χ4v) is 0.513. The zero-order valence-corrected chi connectivity index (χ0v) is 5.36. The van der Waals surface area contributed by atoms with Gasteiger partial charge in [-0.25, -0.2) is 5.26 Å². The van der Waals surface area contributed by atoms with Gasteiger partial charge in [-0.3, -0.25) is 0 Å². The third-order valence-electron chi connectivity index (χ3n) is 0.903. The van der Waals surface area contributed by atoms with E-state index in [0.29, 0.717) is 5.56 Å². The smallest absolute Gasteiger partial charge is 0.0991 e. The van der Waals surface area contributed by atoms with Gasteiger partial charge in [-0.2, -0.15) is 5.26 Å². The molecule has 2 nitrogen and oxygen atoms in total. The molecule has 0 aromatic heterocycles. The maximum atomic E-state index is 8.29. The van der Waals surface area contributed by atoms with Crippen LogP contribution in [0.15, 0.2) is 30.3 Å². The second kappa shape index (κ2) is 5.34. The minimum absolute atomic E-state index is 0.715. The van der Waals surface area contributed by atoms with Crippen molar-refractivity contribution in [1.29, 1.82) is 10.5 Å². The van der Waals surface area contributed by atoms with Crippen LogP contribution in [0.5, 0.6) is 0 Å². The lowest BCUT2D eigenvalue weighted by Crippen LogP contribution is -1.66. The molecular formula is C8H6N2. The van der Waals surface area contributed by atoms with Crippen LogP contribution in [0.3, 0.4) is 0 Å². The molecule has 1 aromatic rings. The predicted octanol–water partition coefficient (Wildman–Crippen LogP) is 1.70. The molecule has 0 amide bonds. The van der Waals surface area contributed by atoms with Gasteiger partial charge in [0.25, 0.3) is 0 Å². The fourth-order valence-electron chi connectivity index (χ4n) is 0.513. The van der Waals surface area contributed by atoms with Crippen LogP contribution in [0, 0.1) is 23.2 Å². The number of nitrogens with zero attached hydrogens (tertiary/aromatic N) is 2. The molecule has 0 spiro atoms. The quantitative estimate of drug-likeness (QED) is 0.536. The van der Waals surface area contributed by atoms with Crippen molar-refractivity contribution in [3.63, 3.8) is 0 Å². The highest BCUT2D eigenvalue weighted by Crippen LogP contribution is 1.92. The van der Waals surface area contributed by atoms with E-state index in [2.05, 4.69) is 6.57 Å². The van der Waals surface area contributed by atoms with Gasteiger partial charge in [-0.15, -0.1) is 0 Å². The maximum absolute atomic E-state index is 8.29. The fraction of sp³-hybridized carbons (Fsp3) is 0. The zero-order valence-electron chi connectivity index (χ0n) is 5.36. The van der Waals surface area contributed by atoms with Crippen molar-refractivity contribution in [1.82, 2.24) is 0 Å². The molecule has 0 unspecified atom stereocenters. The van der Waals surface area contributed by atoms with Gasteiger partial charge < -0.3 is 0 Å². The molecule has 0 heterocycles. The molecule has 2 heteroatoms. The van der Waals surface area contributed by atoms with E-state index in [1.807, 2.05) is 24.3 Å². The van der Waals surface area contributed by atoms with Crippen molar-refractivity contribution < 1.29 is 0 Å². The van der Waals surface area contributed by atoms with Crippen LogP contribution in [0.4, 0.5) is 0 Å². The van der Waals surface area contributed by atoms with Gasteiger partial charge in [0.1, 0.15) is 0 Å². The number of rotatable bonds is 0. The summed E-state index contributed by atoms with van der Waals surface area (Å²) in [5.41, 5.74) is 0.715. The Morgan fingerprint density at radius 3 is 1.90 bits per heavy atom. The number of benzene rings is 1. The number of nitriles is 2. The van der Waals surface area contributed by atoms with Crippen LogP contribution in [0.25, 0.3) is 0 Å². The first-order valence-electron chi connectivity index (χ1n) is 2.64. The third-order valence-corrected chi connectivity index (χ3v) is 0.903. The summed E-state index contributed by atoms with van der Waals surface area (Å²) in [5.74, 6) is 0. The Bertz CT molecular complexity index is 230. The van der Waals surface area contributed by atoms with Crippen LogP contribution in [0.2, 0.25) is 0 Å². The van der Waals surface area contributed by atoms with E-state index < -0.39 is 0 Å². The van der Waals surface area contributed by atoms with Gasteiger partial charge in [0.15, 0.2) is 0 Å². The summed E-state index contributed by atoms with van der Waals surface area (Å²) >= 11 is 0. The number of hydrogen-bond donors (Lipinski definition) is 0. The van der Waals surface area contributed by atoms with Gasteiger partial charge in [-0.05, 0) is 12.1 Å². The molecule has 0 atom stereocenters. The monoisotopic (exact) mass is 130 g/mol. The van der Waals surface area contributed by atoms with Crippen LogP contribution in [-0.2, 0) is 0 Å². The molecule has 0 saturated carbocycles. The molecule has 0 aliphatic rings. The summed E-state index contributed by atoms with van der Waals surface area (Å²) in [6.45, 7) is 3.50. The van der Waals surface area contributed by atoms with Gasteiger partial charge in [0, 0.05) is 6.57 Å². The maximum Gasteiger partial charge on any atom is 0.0991 e. The molecule has 0 aliphatic carbocycles. The Morgan fingerprint density at radius 2 is 1.60 bits per heavy atom. The first kappa shape index (κ1) is 8.20. The molecular weight excluding hydrogens is 124 g/mol. The molecule has 10 heavy (non-hydrogen) atoms. The van der Waals surface area contributed by atoms with Crippen LogP contribution in [0.1, 0.15) is 5.56 Å². The van der Waals surface area contributed by atoms with Crippen molar-refractivity contribution in [2.45, 2.75) is 0 Å². The molecule has 48 valence electrons. The molecule has 0 fully saturated rings. The third kappa shape index (κ3) is 2.49. The molecule has 0 saturated heterocycles. The molecule has 0 bridgehead atoms. The van der Waals surface area contributed by atoms with Crippen molar-refractivity contribution in [3.8, 4) is 12.6 Å². The second-order valence-corrected chi connectivity index (χ2v) is 1.48. The summed E-state index contributed by atoms with van der Waals surface area (Å²) in [6, 6.07) is 11.2. The Hall–Kier alpha value is -1.80. The van der Waals surface area contributed by atoms with E-state index in [1.54, 1.807) is 12.1 Å². The minimum Gasteiger partial charge on any atom is -0.202 e. The second-order valence-electron chi connectivity index (χ2n) is 1.48. The van der Waals surface area contributed by atoms with Crippen molar-refractivity contribution in [2.24, 2.45) is 0 Å². The topological polar surface area (TPSA) is 47.6 Å². The zero-order chi connectivity index (χ0) is 7.82. The molecule has 1 aromatic carbocycles. The highest BCUT2D eigenvalue weighted by Gasteiger charge is 1.79. The lowest BCUT2D eigenvalue weighted by Gasteiger charge is -1.80. The van der Waals surface area contributed by atoms with E-state index in [-0.39, 0.29) is 0 Å². The van der Waals surface area contributed by atoms with Gasteiger partial charge in [-0.1, -0.05) is 18.2 Å². The standard InChI is InChI=1S/C7H5N.CHN/c8-6-7-4-2-1-3-5-7;1-2/h1-5H;1H. The predicted molar refractivity (Wildman–Crippen MR) is 37.8 cm³/mol. The Labute approximate surface area is 60.0 Å². The molecule has 1 rings (SSSR count). The van der Waals surface area contributed by atoms with Gasteiger partial charge in [0.2, 0.25) is 0 Å². The van der Waals surface area contributed by atoms with E-state index >= 15 is 0 Å². The summed E-state index contributed by atoms with van der Waals surface area (Å²) in [5, 5.41) is 14.8. The highest BCUT2D eigenvalue weighted by molar-refractivity contribution is 5.27. The van der Waals surface area contributed by atoms with Gasteiger partial charge in [0.05, 0.1) is 11.6 Å². The summed E-state index contributed by atoms with van der Waals surface area (Å²) < 4.78 is 0. The lowest BCUT2D eigenvalue weighted by atomic mass is 10.2. The SMILES string of the molecule is C#N.N#Cc1ccccc1. The van der Waals surface area contributed by atoms with Crippen molar-refractivity contribution in [3.05, 3.63) is 35.9 Å². The first-order valence-corrected chi connectivity index (χ1v) is 2.64. The van der Waals surface area contributed by atoms with Crippen LogP contribution < -0.4 is 0 Å².